The van der Waals surface area contributed by atoms with Crippen molar-refractivity contribution in [1.82, 2.24) is 9.13 Å². The third-order valence-electron chi connectivity index (χ3n) is 12.5. The summed E-state index contributed by atoms with van der Waals surface area (Å²) in [6.07, 6.45) is -19.9. The zero-order valence-corrected chi connectivity index (χ0v) is 36.3. The molecule has 3 nitrogen and oxygen atoms in total. The zero-order valence-electron chi connectivity index (χ0n) is 36.3. The fourth-order valence-corrected chi connectivity index (χ4v) is 9.49. The van der Waals surface area contributed by atoms with Crippen LogP contribution in [0.3, 0.4) is 0 Å². The number of para-hydroxylation sites is 2. The molecule has 10 rings (SSSR count). The number of benzene rings is 8. The van der Waals surface area contributed by atoms with Gasteiger partial charge in [-0.05, 0) is 131 Å². The van der Waals surface area contributed by atoms with Gasteiger partial charge < -0.3 is 9.13 Å². The van der Waals surface area contributed by atoms with Crippen LogP contribution in [0.15, 0.2) is 152 Å². The summed E-state index contributed by atoms with van der Waals surface area (Å²) in [7, 11) is 0. The quantitative estimate of drug-likeness (QED) is 0.158. The van der Waals surface area contributed by atoms with Gasteiger partial charge in [0.2, 0.25) is 0 Å². The first-order valence-corrected chi connectivity index (χ1v) is 21.3. The van der Waals surface area contributed by atoms with E-state index in [0.717, 1.165) is 24.3 Å². The van der Waals surface area contributed by atoms with Crippen molar-refractivity contribution < 1.29 is 52.7 Å². The Kier molecular flexibility index (Phi) is 10.5. The Balaban J connectivity index is 1.34. The Hall–Kier alpha value is -7.99. The molecule has 350 valence electrons. The predicted octanol–water partition coefficient (Wildman–Crippen LogP) is 17.4. The van der Waals surface area contributed by atoms with E-state index in [4.69, 9.17) is 0 Å². The highest BCUT2D eigenvalue weighted by Crippen LogP contribution is 2.46. The van der Waals surface area contributed by atoms with E-state index in [0.29, 0.717) is 78.0 Å². The van der Waals surface area contributed by atoms with Gasteiger partial charge in [-0.2, -0.15) is 57.9 Å². The molecule has 2 aromatic heterocycles. The van der Waals surface area contributed by atoms with Crippen LogP contribution in [0.25, 0.3) is 88.4 Å². The molecule has 2 heterocycles. The van der Waals surface area contributed by atoms with E-state index >= 15 is 13.2 Å². The van der Waals surface area contributed by atoms with E-state index in [-0.39, 0.29) is 39.7 Å². The Bertz CT molecular complexity index is 3620. The minimum absolute atomic E-state index is 0.0143. The molecule has 0 radical (unpaired) electrons. The summed E-state index contributed by atoms with van der Waals surface area (Å²) >= 11 is 0. The molecule has 0 aliphatic carbocycles. The molecular weight excluding hydrogens is 931 g/mol. The first-order valence-electron chi connectivity index (χ1n) is 21.3. The minimum Gasteiger partial charge on any atom is -0.308 e. The lowest BCUT2D eigenvalue weighted by atomic mass is 9.94. The Labute approximate surface area is 389 Å². The van der Waals surface area contributed by atoms with Crippen molar-refractivity contribution >= 4 is 43.6 Å². The molecule has 0 atom stereocenters. The van der Waals surface area contributed by atoms with Crippen LogP contribution in [0.1, 0.15) is 38.9 Å². The third kappa shape index (κ3) is 7.86. The number of rotatable bonds is 5. The van der Waals surface area contributed by atoms with Crippen molar-refractivity contribution in [2.75, 3.05) is 0 Å². The zero-order chi connectivity index (χ0) is 49.8. The van der Waals surface area contributed by atoms with Crippen molar-refractivity contribution in [2.45, 2.75) is 38.6 Å². The second kappa shape index (κ2) is 16.0. The summed E-state index contributed by atoms with van der Waals surface area (Å²) in [5.74, 6) is 0. The molecular formula is C55H31F12N3. The third-order valence-corrected chi connectivity index (χ3v) is 12.5. The van der Waals surface area contributed by atoms with Crippen molar-refractivity contribution in [3.05, 3.63) is 191 Å². The Morgan fingerprint density at radius 1 is 0.371 bits per heavy atom. The van der Waals surface area contributed by atoms with Crippen molar-refractivity contribution in [3.63, 3.8) is 0 Å². The van der Waals surface area contributed by atoms with Gasteiger partial charge in [-0.3, -0.25) is 0 Å². The average Bonchev–Trinajstić information content (AvgIpc) is 3.81. The number of fused-ring (bicyclic) bond motifs is 6. The summed E-state index contributed by atoms with van der Waals surface area (Å²) in [6, 6.07) is 36.6. The highest BCUT2D eigenvalue weighted by atomic mass is 19.4. The van der Waals surface area contributed by atoms with E-state index in [1.807, 2.05) is 0 Å². The van der Waals surface area contributed by atoms with Crippen LogP contribution >= 0.6 is 0 Å². The number of halogens is 12. The fourth-order valence-electron chi connectivity index (χ4n) is 9.49. The molecule has 70 heavy (non-hydrogen) atoms. The number of nitrogens with zero attached hydrogens (tertiary/aromatic N) is 3. The first-order chi connectivity index (χ1) is 33.0. The monoisotopic (exact) mass is 961 g/mol. The van der Waals surface area contributed by atoms with Crippen LogP contribution in [0, 0.1) is 25.2 Å². The molecule has 0 aliphatic rings. The van der Waals surface area contributed by atoms with Gasteiger partial charge in [0.1, 0.15) is 11.6 Å². The lowest BCUT2D eigenvalue weighted by Gasteiger charge is -2.21. The molecule has 0 saturated carbocycles. The minimum atomic E-state index is -5.33. The standard InChI is InChI=1S/C55H31F12N3/c1-29-17-33(21-37(19-29)53(59,60)61)31-11-14-42-40-7-3-5-9-46(40)69(48(42)23-31)50-25-35(39-16-13-36(52(56,57)58)27-45(39)55(65,66)67)26-51(44(50)28-68)70-47-10-6-4-8-41(47)43-15-12-32(24-49(43)70)34-18-30(2)20-38(22-34)54(62,63)64/h3-27H,1-2H3. The molecule has 0 unspecified atom stereocenters. The topological polar surface area (TPSA) is 33.6 Å². The number of nitriles is 1. The molecule has 8 aromatic carbocycles. The van der Waals surface area contributed by atoms with Crippen LogP contribution in [0.4, 0.5) is 52.7 Å². The molecule has 0 saturated heterocycles. The fraction of sp³-hybridized carbons (Fsp3) is 0.109. The number of aryl methyl sites for hydroxylation is 2. The van der Waals surface area contributed by atoms with Gasteiger partial charge in [-0.1, -0.05) is 78.9 Å². The summed E-state index contributed by atoms with van der Waals surface area (Å²) < 4.78 is 175. The van der Waals surface area contributed by atoms with Crippen LogP contribution in [-0.4, -0.2) is 9.13 Å². The summed E-state index contributed by atoms with van der Waals surface area (Å²) in [4.78, 5) is 0. The molecule has 0 amide bonds. The van der Waals surface area contributed by atoms with E-state index in [1.165, 1.54) is 26.0 Å². The van der Waals surface area contributed by atoms with E-state index in [1.54, 1.807) is 106 Å². The van der Waals surface area contributed by atoms with Crippen LogP contribution < -0.4 is 0 Å². The number of hydrogen-bond donors (Lipinski definition) is 0. The van der Waals surface area contributed by atoms with Gasteiger partial charge >= 0.3 is 24.7 Å². The van der Waals surface area contributed by atoms with Crippen LogP contribution in [0.2, 0.25) is 0 Å². The molecule has 0 spiro atoms. The number of aromatic nitrogens is 2. The van der Waals surface area contributed by atoms with Gasteiger partial charge in [0.15, 0.2) is 0 Å². The summed E-state index contributed by atoms with van der Waals surface area (Å²) in [5.41, 5.74) is -3.02. The molecule has 10 aromatic rings. The Morgan fingerprint density at radius 3 is 1.21 bits per heavy atom. The van der Waals surface area contributed by atoms with E-state index in [2.05, 4.69) is 6.07 Å². The van der Waals surface area contributed by atoms with Crippen molar-refractivity contribution in [3.8, 4) is 50.8 Å². The van der Waals surface area contributed by atoms with E-state index < -0.39 is 52.5 Å². The van der Waals surface area contributed by atoms with Crippen molar-refractivity contribution in [2.24, 2.45) is 0 Å². The van der Waals surface area contributed by atoms with Crippen molar-refractivity contribution in [1.29, 1.82) is 5.26 Å². The maximum absolute atomic E-state index is 15.1. The normalized spacial score (nSPS) is 12.7. The summed E-state index contributed by atoms with van der Waals surface area (Å²) in [5, 5.41) is 13.7. The number of alkyl halides is 12. The van der Waals surface area contributed by atoms with Gasteiger partial charge in [-0.25, -0.2) is 0 Å². The lowest BCUT2D eigenvalue weighted by Crippen LogP contribution is -2.12. The van der Waals surface area contributed by atoms with Gasteiger partial charge in [0, 0.05) is 21.5 Å². The molecule has 0 fully saturated rings. The predicted molar refractivity (Wildman–Crippen MR) is 246 cm³/mol. The first kappa shape index (κ1) is 45.8. The second-order valence-corrected chi connectivity index (χ2v) is 17.1. The maximum atomic E-state index is 15.1. The largest absolute Gasteiger partial charge is 0.417 e. The van der Waals surface area contributed by atoms with Gasteiger partial charge in [0.05, 0.1) is 55.7 Å². The maximum Gasteiger partial charge on any atom is 0.417 e. The van der Waals surface area contributed by atoms with Gasteiger partial charge in [-0.15, -0.1) is 0 Å². The smallest absolute Gasteiger partial charge is 0.308 e. The lowest BCUT2D eigenvalue weighted by molar-refractivity contribution is -0.143. The van der Waals surface area contributed by atoms with Gasteiger partial charge in [0.25, 0.3) is 0 Å². The highest BCUT2D eigenvalue weighted by molar-refractivity contribution is 6.12. The second-order valence-electron chi connectivity index (χ2n) is 17.1. The number of hydrogen-bond acceptors (Lipinski definition) is 1. The molecule has 0 N–H and O–H groups in total. The molecule has 0 aliphatic heterocycles. The highest BCUT2D eigenvalue weighted by Gasteiger charge is 2.39. The average molecular weight is 962 g/mol. The van der Waals surface area contributed by atoms with Crippen LogP contribution in [-0.2, 0) is 24.7 Å². The van der Waals surface area contributed by atoms with Crippen LogP contribution in [0.5, 0.6) is 0 Å². The molecule has 0 bridgehead atoms. The SMILES string of the molecule is Cc1cc(-c2ccc3c4ccccc4n(-c4cc(-c5ccc(C(F)(F)F)cc5C(F)(F)F)cc(-n5c6ccccc6c6ccc(-c7cc(C)cc(C(F)(F)F)c7)cc65)c4C#N)c3c2)cc(C(F)(F)F)c1. The molecule has 15 heteroatoms. The van der Waals surface area contributed by atoms with E-state index in [9.17, 15) is 44.8 Å². The Morgan fingerprint density at radius 2 is 0.800 bits per heavy atom. The summed E-state index contributed by atoms with van der Waals surface area (Å²) in [6.45, 7) is 3.02.